The molecule has 0 aliphatic carbocycles. The predicted molar refractivity (Wildman–Crippen MR) is 128 cm³/mol. The van der Waals surface area contributed by atoms with Crippen LogP contribution in [0.4, 0.5) is 5.69 Å². The first-order chi connectivity index (χ1) is 16.3. The van der Waals surface area contributed by atoms with Gasteiger partial charge in [-0.3, -0.25) is 9.59 Å². The zero-order valence-corrected chi connectivity index (χ0v) is 18.8. The van der Waals surface area contributed by atoms with Crippen LogP contribution in [0.25, 0.3) is 22.8 Å². The van der Waals surface area contributed by atoms with Crippen molar-refractivity contribution < 1.29 is 29.3 Å². The van der Waals surface area contributed by atoms with Crippen LogP contribution in [-0.4, -0.2) is 39.6 Å². The number of amides is 1. The third-order valence-electron chi connectivity index (χ3n) is 5.78. The number of carboxylic acids is 2. The molecule has 0 saturated heterocycles. The van der Waals surface area contributed by atoms with E-state index >= 15 is 0 Å². The number of rotatable bonds is 8. The zero-order chi connectivity index (χ0) is 24.4. The number of aliphatic carboxylic acids is 1. The zero-order valence-electron chi connectivity index (χ0n) is 18.8. The molecule has 8 heteroatoms. The van der Waals surface area contributed by atoms with Crippen LogP contribution in [0.5, 0.6) is 5.75 Å². The maximum Gasteiger partial charge on any atom is 0.352 e. The number of benzene rings is 2. The van der Waals surface area contributed by atoms with Gasteiger partial charge >= 0.3 is 11.9 Å². The Hall–Kier alpha value is -4.33. The van der Waals surface area contributed by atoms with Crippen molar-refractivity contribution in [2.75, 3.05) is 11.9 Å². The molecule has 2 aromatic carbocycles. The van der Waals surface area contributed by atoms with E-state index in [0.717, 1.165) is 16.9 Å². The van der Waals surface area contributed by atoms with Gasteiger partial charge in [0.05, 0.1) is 12.2 Å². The molecule has 4 N–H and O–H groups in total. The molecule has 3 aromatic rings. The normalized spacial score (nSPS) is 13.6. The van der Waals surface area contributed by atoms with Gasteiger partial charge in [0, 0.05) is 23.4 Å². The summed E-state index contributed by atoms with van der Waals surface area (Å²) in [5.41, 5.74) is 4.99. The molecule has 1 aliphatic heterocycles. The van der Waals surface area contributed by atoms with E-state index in [-0.39, 0.29) is 24.4 Å². The minimum absolute atomic E-state index is 0.0182. The summed E-state index contributed by atoms with van der Waals surface area (Å²) in [5.74, 6) is -1.69. The average molecular weight is 460 g/mol. The van der Waals surface area contributed by atoms with Gasteiger partial charge in [-0.25, -0.2) is 4.79 Å². The van der Waals surface area contributed by atoms with Gasteiger partial charge in [-0.2, -0.15) is 0 Å². The summed E-state index contributed by atoms with van der Waals surface area (Å²) in [6.07, 6.45) is 1.59. The second-order valence-electron chi connectivity index (χ2n) is 7.95. The van der Waals surface area contributed by atoms with Crippen LogP contribution in [0.15, 0.2) is 42.5 Å². The number of carbonyl (C=O) groups is 3. The summed E-state index contributed by atoms with van der Waals surface area (Å²) in [7, 11) is 0. The molecule has 34 heavy (non-hydrogen) atoms. The van der Waals surface area contributed by atoms with Gasteiger partial charge in [-0.1, -0.05) is 24.3 Å². The molecule has 1 aliphatic rings. The van der Waals surface area contributed by atoms with Crippen LogP contribution in [-0.2, 0) is 16.0 Å². The minimum Gasteiger partial charge on any atom is -0.494 e. The lowest BCUT2D eigenvalue weighted by Crippen LogP contribution is -2.04. The first-order valence-electron chi connectivity index (χ1n) is 10.9. The Balaban J connectivity index is 1.73. The fourth-order valence-corrected chi connectivity index (χ4v) is 4.14. The van der Waals surface area contributed by atoms with Crippen LogP contribution in [0.1, 0.15) is 46.2 Å². The molecule has 1 amide bonds. The lowest BCUT2D eigenvalue weighted by atomic mass is 9.98. The Kier molecular flexibility index (Phi) is 6.23. The predicted octanol–water partition coefficient (Wildman–Crippen LogP) is 4.60. The topological polar surface area (TPSA) is 129 Å². The monoisotopic (exact) mass is 460 g/mol. The summed E-state index contributed by atoms with van der Waals surface area (Å²) in [4.78, 5) is 38.3. The number of hydrogen-bond acceptors (Lipinski definition) is 4. The molecule has 174 valence electrons. The van der Waals surface area contributed by atoms with Gasteiger partial charge in [0.15, 0.2) is 0 Å². The Morgan fingerprint density at radius 1 is 1.09 bits per heavy atom. The van der Waals surface area contributed by atoms with Crippen LogP contribution in [0.2, 0.25) is 0 Å². The Bertz CT molecular complexity index is 1340. The van der Waals surface area contributed by atoms with Crippen LogP contribution in [0.3, 0.4) is 0 Å². The highest BCUT2D eigenvalue weighted by molar-refractivity contribution is 6.35. The largest absolute Gasteiger partial charge is 0.494 e. The quantitative estimate of drug-likeness (QED) is 0.364. The molecule has 4 rings (SSSR count). The van der Waals surface area contributed by atoms with Crippen LogP contribution in [0, 0.1) is 6.92 Å². The molecule has 8 nitrogen and oxygen atoms in total. The van der Waals surface area contributed by atoms with Crippen molar-refractivity contribution in [1.82, 2.24) is 4.98 Å². The van der Waals surface area contributed by atoms with Gasteiger partial charge in [0.2, 0.25) is 0 Å². The van der Waals surface area contributed by atoms with Crippen molar-refractivity contribution >= 4 is 35.2 Å². The van der Waals surface area contributed by atoms with E-state index in [4.69, 9.17) is 9.84 Å². The number of carbonyl (C=O) groups excluding carboxylic acids is 1. The Morgan fingerprint density at radius 3 is 2.56 bits per heavy atom. The van der Waals surface area contributed by atoms with E-state index < -0.39 is 11.9 Å². The lowest BCUT2D eigenvalue weighted by molar-refractivity contribution is -0.137. The van der Waals surface area contributed by atoms with E-state index in [1.807, 2.05) is 49.4 Å². The number of hydrogen-bond donors (Lipinski definition) is 4. The van der Waals surface area contributed by atoms with Gasteiger partial charge in [-0.05, 0) is 66.8 Å². The van der Waals surface area contributed by atoms with Crippen molar-refractivity contribution in [2.45, 2.75) is 26.7 Å². The van der Waals surface area contributed by atoms with Crippen molar-refractivity contribution in [2.24, 2.45) is 0 Å². The molecule has 2 heterocycles. The van der Waals surface area contributed by atoms with Crippen molar-refractivity contribution in [1.29, 1.82) is 0 Å². The molecule has 0 saturated carbocycles. The summed E-state index contributed by atoms with van der Waals surface area (Å²) in [6.45, 7) is 4.11. The standard InChI is InChI=1S/C26H24N2O6/c1-3-34-17-6-4-5-15(11-17)16-7-8-19-20(25(31)28-21(19)12-16)13-22-18(9-10-23(29)30)14(2)24(27-22)26(32)33/h4-8,11-13,27H,3,9-10H2,1-2H3,(H,28,31)(H,29,30)(H,32,33). The first kappa shape index (κ1) is 22.8. The second-order valence-corrected chi connectivity index (χ2v) is 7.95. The maximum atomic E-state index is 12.8. The summed E-state index contributed by atoms with van der Waals surface area (Å²) >= 11 is 0. The van der Waals surface area contributed by atoms with Gasteiger partial charge in [0.25, 0.3) is 5.91 Å². The molecule has 0 unspecified atom stereocenters. The number of aromatic nitrogens is 1. The van der Waals surface area contributed by atoms with E-state index in [9.17, 15) is 19.5 Å². The Labute approximate surface area is 195 Å². The summed E-state index contributed by atoms with van der Waals surface area (Å²) in [6, 6.07) is 13.3. The highest BCUT2D eigenvalue weighted by Crippen LogP contribution is 2.37. The molecule has 1 aromatic heterocycles. The number of aromatic carboxylic acids is 1. The highest BCUT2D eigenvalue weighted by atomic mass is 16.5. The molecule has 0 fully saturated rings. The van der Waals surface area contributed by atoms with E-state index in [2.05, 4.69) is 10.3 Å². The second kappa shape index (κ2) is 9.27. The van der Waals surface area contributed by atoms with E-state index in [0.29, 0.717) is 40.3 Å². The highest BCUT2D eigenvalue weighted by Gasteiger charge is 2.26. The van der Waals surface area contributed by atoms with Crippen molar-refractivity contribution in [3.63, 3.8) is 0 Å². The minimum atomic E-state index is -1.14. The number of aromatic amines is 1. The molecule has 0 atom stereocenters. The van der Waals surface area contributed by atoms with Crippen LogP contribution < -0.4 is 10.1 Å². The third-order valence-corrected chi connectivity index (χ3v) is 5.78. The first-order valence-corrected chi connectivity index (χ1v) is 10.9. The molecular weight excluding hydrogens is 436 g/mol. The number of nitrogens with one attached hydrogen (secondary N) is 2. The smallest absolute Gasteiger partial charge is 0.352 e. The summed E-state index contributed by atoms with van der Waals surface area (Å²) in [5, 5.41) is 21.4. The van der Waals surface area contributed by atoms with Crippen LogP contribution >= 0.6 is 0 Å². The summed E-state index contributed by atoms with van der Waals surface area (Å²) < 4.78 is 5.57. The molecule has 0 spiro atoms. The molecule has 0 bridgehead atoms. The maximum absolute atomic E-state index is 12.8. The number of anilines is 1. The van der Waals surface area contributed by atoms with Crippen molar-refractivity contribution in [3.05, 3.63) is 70.5 Å². The lowest BCUT2D eigenvalue weighted by Gasteiger charge is -2.08. The van der Waals surface area contributed by atoms with Gasteiger partial charge in [0.1, 0.15) is 11.4 Å². The molecular formula is C26H24N2O6. The number of H-pyrrole nitrogens is 1. The van der Waals surface area contributed by atoms with E-state index in [1.165, 1.54) is 0 Å². The third kappa shape index (κ3) is 4.43. The average Bonchev–Trinajstić information content (AvgIpc) is 3.28. The number of ether oxygens (including phenoxy) is 1. The fourth-order valence-electron chi connectivity index (χ4n) is 4.14. The van der Waals surface area contributed by atoms with Gasteiger partial charge in [-0.15, -0.1) is 0 Å². The van der Waals surface area contributed by atoms with E-state index in [1.54, 1.807) is 13.0 Å². The molecule has 0 radical (unpaired) electrons. The SMILES string of the molecule is CCOc1cccc(-c2ccc3c(c2)NC(=O)C3=Cc2[nH]c(C(=O)O)c(C)c2CCC(=O)O)c1. The number of carboxylic acid groups (broad SMARTS) is 2. The Morgan fingerprint density at radius 2 is 1.85 bits per heavy atom. The fraction of sp³-hybridized carbons (Fsp3) is 0.192. The van der Waals surface area contributed by atoms with Gasteiger partial charge < -0.3 is 25.3 Å². The van der Waals surface area contributed by atoms with Crippen molar-refractivity contribution in [3.8, 4) is 16.9 Å². The number of fused-ring (bicyclic) bond motifs is 1.